The summed E-state index contributed by atoms with van der Waals surface area (Å²) in [5.41, 5.74) is 0. The van der Waals surface area contributed by atoms with Crippen LogP contribution in [0.15, 0.2) is 0 Å². The van der Waals surface area contributed by atoms with Crippen molar-refractivity contribution in [2.24, 2.45) is 0 Å². The standard InChI is InChI=1S/C11H18ClF3N2O/c12-4-2-1-3-10(18)17-7-5-16(6-8-17)9-11(13,14)15/h1-9H2. The molecule has 0 atom stereocenters. The summed E-state index contributed by atoms with van der Waals surface area (Å²) in [5, 5.41) is 0. The smallest absolute Gasteiger partial charge is 0.340 e. The predicted molar refractivity (Wildman–Crippen MR) is 63.6 cm³/mol. The van der Waals surface area contributed by atoms with Crippen molar-refractivity contribution in [2.45, 2.75) is 25.4 Å². The van der Waals surface area contributed by atoms with Crippen molar-refractivity contribution in [1.29, 1.82) is 0 Å². The molecule has 0 bridgehead atoms. The van der Waals surface area contributed by atoms with E-state index >= 15 is 0 Å². The molecule has 0 saturated carbocycles. The number of piperazine rings is 1. The molecule has 0 radical (unpaired) electrons. The zero-order valence-corrected chi connectivity index (χ0v) is 10.9. The van der Waals surface area contributed by atoms with Crippen molar-refractivity contribution in [3.63, 3.8) is 0 Å². The third-order valence-electron chi connectivity index (χ3n) is 2.90. The number of carbonyl (C=O) groups excluding carboxylic acids is 1. The summed E-state index contributed by atoms with van der Waals surface area (Å²) in [6.07, 6.45) is -2.19. The van der Waals surface area contributed by atoms with Gasteiger partial charge in [0.2, 0.25) is 5.91 Å². The summed E-state index contributed by atoms with van der Waals surface area (Å²) in [7, 11) is 0. The van der Waals surface area contributed by atoms with Crippen LogP contribution in [-0.4, -0.2) is 60.5 Å². The summed E-state index contributed by atoms with van der Waals surface area (Å²) in [5.74, 6) is 0.555. The monoisotopic (exact) mass is 286 g/mol. The minimum atomic E-state index is -4.16. The summed E-state index contributed by atoms with van der Waals surface area (Å²) in [4.78, 5) is 14.7. The molecule has 1 heterocycles. The van der Waals surface area contributed by atoms with Crippen molar-refractivity contribution in [2.75, 3.05) is 38.6 Å². The molecule has 18 heavy (non-hydrogen) atoms. The molecule has 1 saturated heterocycles. The maximum Gasteiger partial charge on any atom is 0.401 e. The Balaban J connectivity index is 2.24. The van der Waals surface area contributed by atoms with Crippen LogP contribution in [0.3, 0.4) is 0 Å². The number of halogens is 4. The van der Waals surface area contributed by atoms with E-state index in [4.69, 9.17) is 11.6 Å². The Labute approximate surface area is 110 Å². The molecule has 1 fully saturated rings. The van der Waals surface area contributed by atoms with Crippen LogP contribution in [0.4, 0.5) is 13.2 Å². The maximum absolute atomic E-state index is 12.2. The summed E-state index contributed by atoms with van der Waals surface area (Å²) in [6, 6.07) is 0. The van der Waals surface area contributed by atoms with Gasteiger partial charge in [0, 0.05) is 38.5 Å². The normalized spacial score (nSPS) is 18.1. The van der Waals surface area contributed by atoms with E-state index in [0.717, 1.165) is 12.8 Å². The highest BCUT2D eigenvalue weighted by Crippen LogP contribution is 2.17. The molecule has 0 aromatic rings. The van der Waals surface area contributed by atoms with Gasteiger partial charge in [-0.05, 0) is 12.8 Å². The van der Waals surface area contributed by atoms with E-state index in [1.807, 2.05) is 0 Å². The average molecular weight is 287 g/mol. The number of rotatable bonds is 5. The van der Waals surface area contributed by atoms with Crippen molar-refractivity contribution in [1.82, 2.24) is 9.80 Å². The lowest BCUT2D eigenvalue weighted by molar-refractivity contribution is -0.151. The van der Waals surface area contributed by atoms with Crippen LogP contribution < -0.4 is 0 Å². The van der Waals surface area contributed by atoms with E-state index in [2.05, 4.69) is 0 Å². The molecule has 0 aromatic heterocycles. The number of carbonyl (C=O) groups is 1. The van der Waals surface area contributed by atoms with E-state index in [-0.39, 0.29) is 5.91 Å². The molecule has 1 amide bonds. The largest absolute Gasteiger partial charge is 0.401 e. The van der Waals surface area contributed by atoms with Gasteiger partial charge in [-0.1, -0.05) is 0 Å². The molecule has 3 nitrogen and oxygen atoms in total. The third kappa shape index (κ3) is 5.91. The summed E-state index contributed by atoms with van der Waals surface area (Å²) < 4.78 is 36.5. The Morgan fingerprint density at radius 2 is 1.72 bits per heavy atom. The van der Waals surface area contributed by atoms with Gasteiger partial charge in [-0.3, -0.25) is 9.69 Å². The number of hydrogen-bond donors (Lipinski definition) is 0. The van der Waals surface area contributed by atoms with Gasteiger partial charge in [-0.15, -0.1) is 11.6 Å². The van der Waals surface area contributed by atoms with Crippen molar-refractivity contribution in [3.05, 3.63) is 0 Å². The van der Waals surface area contributed by atoms with Gasteiger partial charge in [0.05, 0.1) is 6.54 Å². The van der Waals surface area contributed by atoms with Crippen LogP contribution in [0.5, 0.6) is 0 Å². The van der Waals surface area contributed by atoms with E-state index < -0.39 is 12.7 Å². The molecule has 1 aliphatic rings. The molecular weight excluding hydrogens is 269 g/mol. The average Bonchev–Trinajstić information content (AvgIpc) is 2.28. The second kappa shape index (κ2) is 7.19. The van der Waals surface area contributed by atoms with Crippen LogP contribution >= 0.6 is 11.6 Å². The van der Waals surface area contributed by atoms with Crippen LogP contribution in [0.25, 0.3) is 0 Å². The molecule has 0 aromatic carbocycles. The quantitative estimate of drug-likeness (QED) is 0.571. The summed E-state index contributed by atoms with van der Waals surface area (Å²) in [6.45, 7) is 0.467. The fourth-order valence-electron chi connectivity index (χ4n) is 1.94. The molecule has 7 heteroatoms. The van der Waals surface area contributed by atoms with E-state index in [1.54, 1.807) is 4.90 Å². The van der Waals surface area contributed by atoms with Crippen LogP contribution in [-0.2, 0) is 4.79 Å². The first-order valence-electron chi connectivity index (χ1n) is 6.05. The van der Waals surface area contributed by atoms with E-state index in [0.29, 0.717) is 38.5 Å². The minimum absolute atomic E-state index is 0.0202. The molecule has 106 valence electrons. The fourth-order valence-corrected chi connectivity index (χ4v) is 2.13. The first-order chi connectivity index (χ1) is 8.42. The number of alkyl halides is 4. The van der Waals surface area contributed by atoms with Gasteiger partial charge in [0.15, 0.2) is 0 Å². The Morgan fingerprint density at radius 3 is 2.22 bits per heavy atom. The minimum Gasteiger partial charge on any atom is -0.340 e. The number of unbranched alkanes of at least 4 members (excludes halogenated alkanes) is 1. The second-order valence-corrected chi connectivity index (χ2v) is 4.80. The van der Waals surface area contributed by atoms with Crippen LogP contribution in [0, 0.1) is 0 Å². The summed E-state index contributed by atoms with van der Waals surface area (Å²) >= 11 is 5.51. The first-order valence-corrected chi connectivity index (χ1v) is 6.58. The third-order valence-corrected chi connectivity index (χ3v) is 3.17. The number of hydrogen-bond acceptors (Lipinski definition) is 2. The van der Waals surface area contributed by atoms with Gasteiger partial charge >= 0.3 is 6.18 Å². The zero-order valence-electron chi connectivity index (χ0n) is 10.2. The number of nitrogens with zero attached hydrogens (tertiary/aromatic N) is 2. The van der Waals surface area contributed by atoms with Gasteiger partial charge in [0.1, 0.15) is 0 Å². The van der Waals surface area contributed by atoms with Crippen LogP contribution in [0.1, 0.15) is 19.3 Å². The van der Waals surface area contributed by atoms with Crippen LogP contribution in [0.2, 0.25) is 0 Å². The predicted octanol–water partition coefficient (Wildman–Crippen LogP) is 2.10. The van der Waals surface area contributed by atoms with Crippen molar-refractivity contribution >= 4 is 17.5 Å². The Hall–Kier alpha value is -0.490. The molecule has 0 spiro atoms. The Kier molecular flexibility index (Phi) is 6.21. The molecular formula is C11H18ClF3N2O. The van der Waals surface area contributed by atoms with E-state index in [9.17, 15) is 18.0 Å². The molecule has 0 unspecified atom stereocenters. The lowest BCUT2D eigenvalue weighted by Gasteiger charge is -2.35. The highest BCUT2D eigenvalue weighted by Gasteiger charge is 2.32. The first kappa shape index (κ1) is 15.6. The maximum atomic E-state index is 12.2. The highest BCUT2D eigenvalue weighted by atomic mass is 35.5. The van der Waals surface area contributed by atoms with Gasteiger partial charge in [-0.25, -0.2) is 0 Å². The number of amides is 1. The Morgan fingerprint density at radius 1 is 1.11 bits per heavy atom. The van der Waals surface area contributed by atoms with Crippen molar-refractivity contribution in [3.8, 4) is 0 Å². The molecule has 0 aliphatic carbocycles. The molecule has 1 aliphatic heterocycles. The molecule has 1 rings (SSSR count). The zero-order chi connectivity index (χ0) is 13.6. The SMILES string of the molecule is O=C(CCCCCl)N1CCN(CC(F)(F)F)CC1. The molecule has 0 N–H and O–H groups in total. The topological polar surface area (TPSA) is 23.6 Å². The Bertz CT molecular complexity index is 266. The van der Waals surface area contributed by atoms with Gasteiger partial charge in [0.25, 0.3) is 0 Å². The fraction of sp³-hybridized carbons (Fsp3) is 0.909. The second-order valence-electron chi connectivity index (χ2n) is 4.42. The van der Waals surface area contributed by atoms with Gasteiger partial charge in [-0.2, -0.15) is 13.2 Å². The lowest BCUT2D eigenvalue weighted by Crippen LogP contribution is -2.50. The lowest BCUT2D eigenvalue weighted by atomic mass is 10.2. The van der Waals surface area contributed by atoms with E-state index in [1.165, 1.54) is 4.90 Å². The highest BCUT2D eigenvalue weighted by molar-refractivity contribution is 6.17. The van der Waals surface area contributed by atoms with Gasteiger partial charge < -0.3 is 4.90 Å². The van der Waals surface area contributed by atoms with Crippen molar-refractivity contribution < 1.29 is 18.0 Å².